The molecule has 6 heteroatoms. The number of rotatable bonds is 10. The van der Waals surface area contributed by atoms with Crippen molar-refractivity contribution < 1.29 is 19.0 Å². The number of carbonyl (C=O) groups excluding carboxylic acids is 1. The number of nitrogens with one attached hydrogen (secondary N) is 1. The van der Waals surface area contributed by atoms with E-state index in [1.807, 2.05) is 61.5 Å². The molecule has 2 rings (SSSR count). The molecule has 0 aliphatic heterocycles. The van der Waals surface area contributed by atoms with Gasteiger partial charge in [0, 0.05) is 19.4 Å². The summed E-state index contributed by atoms with van der Waals surface area (Å²) in [7, 11) is 3.25. The Balaban J connectivity index is 2.04. The minimum atomic E-state index is -0.230. The fraction of sp³-hybridized carbons (Fsp3) is 0.292. The van der Waals surface area contributed by atoms with Gasteiger partial charge in [0.1, 0.15) is 5.75 Å². The van der Waals surface area contributed by atoms with Crippen molar-refractivity contribution in [3.8, 4) is 17.2 Å². The number of methoxy groups -OCH3 is 2. The van der Waals surface area contributed by atoms with Gasteiger partial charge in [-0.2, -0.15) is 0 Å². The molecule has 1 unspecified atom stereocenters. The molecule has 0 fully saturated rings. The predicted octanol–water partition coefficient (Wildman–Crippen LogP) is 4.18. The molecule has 0 bridgehead atoms. The summed E-state index contributed by atoms with van der Waals surface area (Å²) < 4.78 is 16.4. The van der Waals surface area contributed by atoms with E-state index in [-0.39, 0.29) is 11.8 Å². The third-order valence-electron chi connectivity index (χ3n) is 4.34. The first-order valence-electron chi connectivity index (χ1n) is 9.76. The molecule has 0 saturated carbocycles. The summed E-state index contributed by atoms with van der Waals surface area (Å²) in [6.07, 6.45) is 3.66. The van der Waals surface area contributed by atoms with Crippen LogP contribution in [-0.4, -0.2) is 26.7 Å². The van der Waals surface area contributed by atoms with Crippen molar-refractivity contribution in [1.82, 2.24) is 5.32 Å². The molecule has 160 valence electrons. The second-order valence-corrected chi connectivity index (χ2v) is 6.97. The van der Waals surface area contributed by atoms with Gasteiger partial charge in [0.15, 0.2) is 11.5 Å². The van der Waals surface area contributed by atoms with Gasteiger partial charge in [-0.15, -0.1) is 0 Å². The molecular weight excluding hydrogens is 380 g/mol. The average Bonchev–Trinajstić information content (AvgIpc) is 2.73. The number of benzene rings is 2. The van der Waals surface area contributed by atoms with Gasteiger partial charge in [-0.3, -0.25) is 4.79 Å². The Bertz CT molecular complexity index is 902. The molecule has 0 aliphatic rings. The second-order valence-electron chi connectivity index (χ2n) is 6.97. The highest BCUT2D eigenvalue weighted by Gasteiger charge is 2.10. The maximum absolute atomic E-state index is 12.6. The third-order valence-corrected chi connectivity index (χ3v) is 4.34. The van der Waals surface area contributed by atoms with Crippen molar-refractivity contribution in [1.29, 1.82) is 0 Å². The quantitative estimate of drug-likeness (QED) is 0.454. The second kappa shape index (κ2) is 11.7. The van der Waals surface area contributed by atoms with E-state index in [1.54, 1.807) is 27.2 Å². The molecule has 0 heterocycles. The highest BCUT2D eigenvalue weighted by Crippen LogP contribution is 2.31. The smallest absolute Gasteiger partial charge is 0.253 e. The fourth-order valence-electron chi connectivity index (χ4n) is 2.79. The standard InChI is InChI=1S/C24H30N2O4/c1-17(16-28-3)12-13-21(18(2)25)24(27)26-15-19-8-7-9-20(14-19)30-23-11-6-5-10-22(23)29-4/h5-14,17H,15-16,25H2,1-4H3,(H,26,27)/b13-12-,21-18-. The van der Waals surface area contributed by atoms with Gasteiger partial charge in [0.2, 0.25) is 0 Å². The lowest BCUT2D eigenvalue weighted by molar-refractivity contribution is -0.117. The first-order valence-corrected chi connectivity index (χ1v) is 9.76. The van der Waals surface area contributed by atoms with Crippen molar-refractivity contribution in [2.24, 2.45) is 11.7 Å². The van der Waals surface area contributed by atoms with Gasteiger partial charge in [-0.05, 0) is 42.7 Å². The van der Waals surface area contributed by atoms with Crippen LogP contribution in [0.15, 0.2) is 72.0 Å². The summed E-state index contributed by atoms with van der Waals surface area (Å²) in [5, 5.41) is 2.91. The predicted molar refractivity (Wildman–Crippen MR) is 118 cm³/mol. The molecule has 0 spiro atoms. The molecule has 1 atom stereocenters. The van der Waals surface area contributed by atoms with Gasteiger partial charge < -0.3 is 25.3 Å². The summed E-state index contributed by atoms with van der Waals surface area (Å²) in [6, 6.07) is 15.0. The molecule has 30 heavy (non-hydrogen) atoms. The number of hydrogen-bond donors (Lipinski definition) is 2. The van der Waals surface area contributed by atoms with Gasteiger partial charge in [-0.1, -0.05) is 43.3 Å². The first-order chi connectivity index (χ1) is 14.4. The molecule has 0 aromatic heterocycles. The van der Waals surface area contributed by atoms with Crippen LogP contribution in [0, 0.1) is 5.92 Å². The van der Waals surface area contributed by atoms with Crippen LogP contribution in [0.5, 0.6) is 17.2 Å². The number of hydrogen-bond acceptors (Lipinski definition) is 5. The van der Waals surface area contributed by atoms with Crippen LogP contribution < -0.4 is 20.5 Å². The average molecular weight is 411 g/mol. The lowest BCUT2D eigenvalue weighted by Gasteiger charge is -2.12. The third kappa shape index (κ3) is 6.97. The summed E-state index contributed by atoms with van der Waals surface area (Å²) in [5.74, 6) is 1.89. The van der Waals surface area contributed by atoms with E-state index in [2.05, 4.69) is 5.32 Å². The molecule has 2 aromatic carbocycles. The molecule has 0 aliphatic carbocycles. The lowest BCUT2D eigenvalue weighted by Crippen LogP contribution is -2.25. The highest BCUT2D eigenvalue weighted by atomic mass is 16.5. The number of carbonyl (C=O) groups is 1. The summed E-state index contributed by atoms with van der Waals surface area (Å²) in [5.41, 5.74) is 7.72. The minimum Gasteiger partial charge on any atom is -0.493 e. The zero-order valence-corrected chi connectivity index (χ0v) is 18.0. The van der Waals surface area contributed by atoms with Crippen molar-refractivity contribution in [3.63, 3.8) is 0 Å². The lowest BCUT2D eigenvalue weighted by atomic mass is 10.1. The van der Waals surface area contributed by atoms with E-state index < -0.39 is 0 Å². The van der Waals surface area contributed by atoms with Gasteiger partial charge in [0.25, 0.3) is 5.91 Å². The van der Waals surface area contributed by atoms with Crippen LogP contribution in [0.2, 0.25) is 0 Å². The summed E-state index contributed by atoms with van der Waals surface area (Å²) >= 11 is 0. The van der Waals surface area contributed by atoms with E-state index in [9.17, 15) is 4.79 Å². The van der Waals surface area contributed by atoms with Crippen LogP contribution in [0.25, 0.3) is 0 Å². The molecule has 6 nitrogen and oxygen atoms in total. The Morgan fingerprint density at radius 1 is 1.13 bits per heavy atom. The largest absolute Gasteiger partial charge is 0.493 e. The van der Waals surface area contributed by atoms with Crippen LogP contribution in [0.4, 0.5) is 0 Å². The van der Waals surface area contributed by atoms with E-state index >= 15 is 0 Å². The van der Waals surface area contributed by atoms with Crippen LogP contribution in [-0.2, 0) is 16.1 Å². The number of allylic oxidation sites excluding steroid dienone is 1. The molecule has 3 N–H and O–H groups in total. The SMILES string of the molecule is COCC(C)/C=C\C(C(=O)NCc1cccc(Oc2ccccc2OC)c1)=C(/C)N. The Hall–Kier alpha value is -3.25. The minimum absolute atomic E-state index is 0.181. The molecule has 0 saturated heterocycles. The van der Waals surface area contributed by atoms with E-state index in [0.29, 0.717) is 41.7 Å². The monoisotopic (exact) mass is 410 g/mol. The van der Waals surface area contributed by atoms with Gasteiger partial charge >= 0.3 is 0 Å². The number of amides is 1. The summed E-state index contributed by atoms with van der Waals surface area (Å²) in [4.78, 5) is 12.6. The van der Waals surface area contributed by atoms with Crippen LogP contribution in [0.1, 0.15) is 19.4 Å². The molecule has 0 radical (unpaired) electrons. The normalized spacial score (nSPS) is 12.9. The van der Waals surface area contributed by atoms with E-state index in [0.717, 1.165) is 5.56 Å². The summed E-state index contributed by atoms with van der Waals surface area (Å²) in [6.45, 7) is 4.64. The van der Waals surface area contributed by atoms with Crippen molar-refractivity contribution in [2.45, 2.75) is 20.4 Å². The molecular formula is C24H30N2O4. The Labute approximate surface area is 178 Å². The van der Waals surface area contributed by atoms with Crippen molar-refractivity contribution in [2.75, 3.05) is 20.8 Å². The Morgan fingerprint density at radius 2 is 1.87 bits per heavy atom. The first kappa shape index (κ1) is 23.0. The fourth-order valence-corrected chi connectivity index (χ4v) is 2.79. The topological polar surface area (TPSA) is 82.8 Å². The zero-order valence-electron chi connectivity index (χ0n) is 18.0. The van der Waals surface area contributed by atoms with Gasteiger partial charge in [-0.25, -0.2) is 0 Å². The number of ether oxygens (including phenoxy) is 3. The molecule has 2 aromatic rings. The van der Waals surface area contributed by atoms with Crippen molar-refractivity contribution in [3.05, 3.63) is 77.5 Å². The number of nitrogens with two attached hydrogens (primary N) is 1. The van der Waals surface area contributed by atoms with Crippen LogP contribution in [0.3, 0.4) is 0 Å². The van der Waals surface area contributed by atoms with E-state index in [4.69, 9.17) is 19.9 Å². The van der Waals surface area contributed by atoms with E-state index in [1.165, 1.54) is 0 Å². The maximum atomic E-state index is 12.6. The maximum Gasteiger partial charge on any atom is 0.253 e. The van der Waals surface area contributed by atoms with Crippen molar-refractivity contribution >= 4 is 5.91 Å². The highest BCUT2D eigenvalue weighted by molar-refractivity contribution is 5.96. The Kier molecular flexibility index (Phi) is 8.97. The zero-order chi connectivity index (χ0) is 21.9. The Morgan fingerprint density at radius 3 is 2.53 bits per heavy atom. The van der Waals surface area contributed by atoms with Gasteiger partial charge in [0.05, 0.1) is 19.3 Å². The van der Waals surface area contributed by atoms with Crippen LogP contribution >= 0.6 is 0 Å². The number of para-hydroxylation sites is 2. The molecule has 1 amide bonds.